The Balaban J connectivity index is 0. The summed E-state index contributed by atoms with van der Waals surface area (Å²) in [6.07, 6.45) is 13.1. The minimum absolute atomic E-state index is 0.117. The minimum Gasteiger partial charge on any atom is -0.481 e. The lowest BCUT2D eigenvalue weighted by atomic mass is 10.1. The molecule has 0 aliphatic rings. The number of unbranched alkanes of at least 4 members (excludes halogenated alkanes) is 8. The van der Waals surface area contributed by atoms with E-state index in [0.717, 1.165) is 32.1 Å². The second kappa shape index (κ2) is 22.9. The molecule has 25 heavy (non-hydrogen) atoms. The van der Waals surface area contributed by atoms with Crippen LogP contribution in [-0.4, -0.2) is 37.2 Å². The van der Waals surface area contributed by atoms with E-state index in [4.69, 9.17) is 5.11 Å². The van der Waals surface area contributed by atoms with Crippen molar-refractivity contribution < 1.29 is 19.4 Å². The fourth-order valence-corrected chi connectivity index (χ4v) is 2.36. The predicted molar refractivity (Wildman–Crippen MR) is 104 cm³/mol. The summed E-state index contributed by atoms with van der Waals surface area (Å²) in [5.41, 5.74) is 0. The molecule has 0 unspecified atom stereocenters. The maximum Gasteiger partial charge on any atom is 0.305 e. The summed E-state index contributed by atoms with van der Waals surface area (Å²) in [6.45, 7) is 6.72. The first kappa shape index (κ1) is 26.1. The van der Waals surface area contributed by atoms with Crippen LogP contribution in [0.3, 0.4) is 0 Å². The Kier molecular flexibility index (Phi) is 23.9. The van der Waals surface area contributed by atoms with Crippen LogP contribution in [0.2, 0.25) is 0 Å². The summed E-state index contributed by atoms with van der Waals surface area (Å²) in [6, 6.07) is 0. The van der Waals surface area contributed by atoms with Crippen LogP contribution in [0.1, 0.15) is 97.3 Å². The van der Waals surface area contributed by atoms with Gasteiger partial charge in [0.05, 0.1) is 7.11 Å². The minimum atomic E-state index is -0.694. The lowest BCUT2D eigenvalue weighted by Crippen LogP contribution is -2.14. The van der Waals surface area contributed by atoms with Gasteiger partial charge in [-0.25, -0.2) is 0 Å². The Hall–Kier alpha value is -1.10. The standard InChI is InChI=1S/C14H26O4.C6H15N/c1-18-14(17)12-10-8-6-4-2-3-5-7-9-11-13(15)16;1-3-5-7-6-4-2/h2-12H2,1H3,(H,15,16);7H,3-6H2,1-2H3. The number of hydrogen-bond acceptors (Lipinski definition) is 4. The quantitative estimate of drug-likeness (QED) is 0.302. The number of hydrogen-bond donors (Lipinski definition) is 2. The number of esters is 1. The van der Waals surface area contributed by atoms with Crippen LogP contribution in [0.5, 0.6) is 0 Å². The summed E-state index contributed by atoms with van der Waals surface area (Å²) >= 11 is 0. The zero-order valence-electron chi connectivity index (χ0n) is 16.8. The summed E-state index contributed by atoms with van der Waals surface area (Å²) in [7, 11) is 1.42. The molecule has 0 aromatic carbocycles. The highest BCUT2D eigenvalue weighted by atomic mass is 16.5. The molecule has 0 spiro atoms. The maximum absolute atomic E-state index is 10.8. The van der Waals surface area contributed by atoms with Crippen molar-refractivity contribution in [3.05, 3.63) is 0 Å². The van der Waals surface area contributed by atoms with Gasteiger partial charge in [-0.1, -0.05) is 58.8 Å². The van der Waals surface area contributed by atoms with E-state index in [9.17, 15) is 9.59 Å². The van der Waals surface area contributed by atoms with Gasteiger partial charge in [-0.05, 0) is 38.8 Å². The van der Waals surface area contributed by atoms with Crippen molar-refractivity contribution in [1.82, 2.24) is 5.32 Å². The summed E-state index contributed by atoms with van der Waals surface area (Å²) in [5.74, 6) is -0.811. The Morgan fingerprint density at radius 2 is 1.16 bits per heavy atom. The molecular formula is C20H41NO4. The van der Waals surface area contributed by atoms with Crippen molar-refractivity contribution in [3.63, 3.8) is 0 Å². The second-order valence-electron chi connectivity index (χ2n) is 6.40. The van der Waals surface area contributed by atoms with Crippen molar-refractivity contribution in [3.8, 4) is 0 Å². The van der Waals surface area contributed by atoms with E-state index < -0.39 is 5.97 Å². The lowest BCUT2D eigenvalue weighted by Gasteiger charge is -2.02. The third-order valence-electron chi connectivity index (χ3n) is 3.85. The van der Waals surface area contributed by atoms with E-state index in [0.29, 0.717) is 12.8 Å². The maximum atomic E-state index is 10.8. The first-order valence-electron chi connectivity index (χ1n) is 10.1. The van der Waals surface area contributed by atoms with Crippen LogP contribution in [0.15, 0.2) is 0 Å². The van der Waals surface area contributed by atoms with Gasteiger partial charge in [0.25, 0.3) is 0 Å². The van der Waals surface area contributed by atoms with Crippen LogP contribution in [-0.2, 0) is 14.3 Å². The molecule has 0 radical (unpaired) electrons. The topological polar surface area (TPSA) is 75.6 Å². The summed E-state index contributed by atoms with van der Waals surface area (Å²) in [4.78, 5) is 21.1. The van der Waals surface area contributed by atoms with Gasteiger partial charge in [0, 0.05) is 12.8 Å². The summed E-state index contributed by atoms with van der Waals surface area (Å²) < 4.78 is 4.57. The molecule has 0 aliphatic heterocycles. The SMILES string of the molecule is CCCNCCC.COC(=O)CCCCCCCCCCCC(=O)O. The Bertz CT molecular complexity index is 291. The van der Waals surface area contributed by atoms with Crippen LogP contribution in [0.4, 0.5) is 0 Å². The van der Waals surface area contributed by atoms with Crippen LogP contribution in [0, 0.1) is 0 Å². The number of ether oxygens (including phenoxy) is 1. The first-order chi connectivity index (χ1) is 12.1. The number of carboxylic acids is 1. The molecule has 150 valence electrons. The van der Waals surface area contributed by atoms with Gasteiger partial charge in [-0.15, -0.1) is 0 Å². The average molecular weight is 360 g/mol. The fraction of sp³-hybridized carbons (Fsp3) is 0.900. The molecule has 0 saturated carbocycles. The van der Waals surface area contributed by atoms with Crippen molar-refractivity contribution in [1.29, 1.82) is 0 Å². The highest BCUT2D eigenvalue weighted by Crippen LogP contribution is 2.11. The number of nitrogens with one attached hydrogen (secondary N) is 1. The molecule has 5 heteroatoms. The largest absolute Gasteiger partial charge is 0.481 e. The molecule has 0 saturated heterocycles. The Labute approximate surface area is 154 Å². The average Bonchev–Trinajstić information content (AvgIpc) is 2.60. The van der Waals surface area contributed by atoms with Crippen LogP contribution >= 0.6 is 0 Å². The number of carboxylic acid groups (broad SMARTS) is 1. The monoisotopic (exact) mass is 359 g/mol. The van der Waals surface area contributed by atoms with E-state index in [1.165, 1.54) is 58.7 Å². The highest BCUT2D eigenvalue weighted by Gasteiger charge is 1.99. The van der Waals surface area contributed by atoms with Crippen molar-refractivity contribution in [2.75, 3.05) is 20.2 Å². The molecule has 5 nitrogen and oxygen atoms in total. The number of rotatable bonds is 16. The molecule has 0 aromatic heterocycles. The van der Waals surface area contributed by atoms with E-state index >= 15 is 0 Å². The zero-order chi connectivity index (χ0) is 19.2. The normalized spacial score (nSPS) is 10.0. The second-order valence-corrected chi connectivity index (χ2v) is 6.40. The Morgan fingerprint density at radius 3 is 1.52 bits per heavy atom. The van der Waals surface area contributed by atoms with E-state index in [1.807, 2.05) is 0 Å². The molecule has 0 bridgehead atoms. The van der Waals surface area contributed by atoms with E-state index in [2.05, 4.69) is 23.9 Å². The summed E-state index contributed by atoms with van der Waals surface area (Å²) in [5, 5.41) is 11.7. The van der Waals surface area contributed by atoms with Crippen molar-refractivity contribution in [2.45, 2.75) is 97.3 Å². The number of carbonyl (C=O) groups is 2. The molecule has 0 aromatic rings. The van der Waals surface area contributed by atoms with Gasteiger partial charge in [0.15, 0.2) is 0 Å². The van der Waals surface area contributed by atoms with Gasteiger partial charge in [-0.2, -0.15) is 0 Å². The van der Waals surface area contributed by atoms with Gasteiger partial charge in [0.1, 0.15) is 0 Å². The first-order valence-corrected chi connectivity index (χ1v) is 10.1. The third kappa shape index (κ3) is 28.0. The van der Waals surface area contributed by atoms with Crippen LogP contribution < -0.4 is 5.32 Å². The van der Waals surface area contributed by atoms with E-state index in [-0.39, 0.29) is 5.97 Å². The predicted octanol–water partition coefficient (Wildman–Crippen LogP) is 4.93. The van der Waals surface area contributed by atoms with E-state index in [1.54, 1.807) is 0 Å². The van der Waals surface area contributed by atoms with Gasteiger partial charge < -0.3 is 15.2 Å². The van der Waals surface area contributed by atoms with Crippen molar-refractivity contribution in [2.24, 2.45) is 0 Å². The van der Waals surface area contributed by atoms with Gasteiger partial charge in [0.2, 0.25) is 0 Å². The molecule has 2 N–H and O–H groups in total. The van der Waals surface area contributed by atoms with Crippen molar-refractivity contribution >= 4 is 11.9 Å². The molecular weight excluding hydrogens is 318 g/mol. The zero-order valence-corrected chi connectivity index (χ0v) is 16.8. The van der Waals surface area contributed by atoms with Crippen LogP contribution in [0.25, 0.3) is 0 Å². The molecule has 0 heterocycles. The fourth-order valence-electron chi connectivity index (χ4n) is 2.36. The molecule has 0 atom stereocenters. The molecule has 0 aliphatic carbocycles. The number of aliphatic carboxylic acids is 1. The van der Waals surface area contributed by atoms with Gasteiger partial charge in [-0.3, -0.25) is 9.59 Å². The molecule has 0 rings (SSSR count). The third-order valence-corrected chi connectivity index (χ3v) is 3.85. The molecule has 0 fully saturated rings. The Morgan fingerprint density at radius 1 is 0.760 bits per heavy atom. The molecule has 0 amide bonds. The highest BCUT2D eigenvalue weighted by molar-refractivity contribution is 5.68. The number of methoxy groups -OCH3 is 1. The lowest BCUT2D eigenvalue weighted by molar-refractivity contribution is -0.140. The van der Waals surface area contributed by atoms with Gasteiger partial charge >= 0.3 is 11.9 Å². The number of carbonyl (C=O) groups excluding carboxylic acids is 1. The smallest absolute Gasteiger partial charge is 0.305 e.